The van der Waals surface area contributed by atoms with E-state index < -0.39 is 0 Å². The van der Waals surface area contributed by atoms with E-state index in [0.717, 1.165) is 67.5 Å². The number of rotatable bonds is 0. The minimum absolute atomic E-state index is 0.597. The van der Waals surface area contributed by atoms with Gasteiger partial charge in [0.25, 0.3) is 0 Å². The van der Waals surface area contributed by atoms with Crippen molar-refractivity contribution >= 4 is 52.8 Å². The second-order valence-electron chi connectivity index (χ2n) is 9.79. The summed E-state index contributed by atoms with van der Waals surface area (Å²) in [5, 5.41) is 3.82. The van der Waals surface area contributed by atoms with Gasteiger partial charge in [0.1, 0.15) is 22.6 Å². The minimum atomic E-state index is 0.597. The molecule has 2 N–H and O–H groups in total. The third-order valence-corrected chi connectivity index (χ3v) is 7.46. The van der Waals surface area contributed by atoms with Crippen LogP contribution in [0, 0.1) is 0 Å². The van der Waals surface area contributed by atoms with Gasteiger partial charge in [-0.3, -0.25) is 0 Å². The molecule has 0 saturated carbocycles. The molecule has 0 aliphatic carbocycles. The molecule has 9 rings (SSSR count). The Morgan fingerprint density at radius 1 is 0.357 bits per heavy atom. The van der Waals surface area contributed by atoms with Crippen molar-refractivity contribution in [1.82, 2.24) is 39.9 Å². The molecule has 2 aliphatic rings. The molecule has 7 aromatic rings. The van der Waals surface area contributed by atoms with Crippen LogP contribution in [0.15, 0.2) is 97.1 Å². The average molecular weight is 659 g/mol. The Morgan fingerprint density at radius 3 is 0.857 bits per heavy atom. The van der Waals surface area contributed by atoms with Crippen LogP contribution in [0.4, 0.5) is 0 Å². The van der Waals surface area contributed by atoms with E-state index >= 15 is 0 Å². The number of nitrogens with zero attached hydrogens (tertiary/aromatic N) is 6. The van der Waals surface area contributed by atoms with Crippen molar-refractivity contribution in [3.63, 3.8) is 0 Å². The molecular formula is C32H18CdN8S. The van der Waals surface area contributed by atoms with Gasteiger partial charge in [-0.05, 0) is 0 Å². The number of aromatic nitrogens is 8. The first-order valence-corrected chi connectivity index (χ1v) is 18.8. The van der Waals surface area contributed by atoms with Crippen LogP contribution < -0.4 is 0 Å². The Kier molecular flexibility index (Phi) is 6.00. The first-order chi connectivity index (χ1) is 20.8. The van der Waals surface area contributed by atoms with Crippen molar-refractivity contribution < 1.29 is 23.7 Å². The first-order valence-electron chi connectivity index (χ1n) is 13.3. The van der Waals surface area contributed by atoms with Crippen LogP contribution >= 0.6 is 8.65 Å². The van der Waals surface area contributed by atoms with Gasteiger partial charge in [-0.1, -0.05) is 97.1 Å². The van der Waals surface area contributed by atoms with Crippen molar-refractivity contribution in [3.05, 3.63) is 97.1 Å². The molecule has 4 aromatic carbocycles. The summed E-state index contributed by atoms with van der Waals surface area (Å²) in [5.74, 6) is 2.39. The Labute approximate surface area is 257 Å². The number of fused-ring (bicyclic) bond motifs is 20. The summed E-state index contributed by atoms with van der Waals surface area (Å²) in [6.07, 6.45) is 0. The van der Waals surface area contributed by atoms with Gasteiger partial charge in [-0.25, -0.2) is 29.9 Å². The van der Waals surface area contributed by atoms with Crippen LogP contribution in [0.2, 0.25) is 0 Å². The molecule has 5 heterocycles. The van der Waals surface area contributed by atoms with Gasteiger partial charge in [0.05, 0.1) is 0 Å². The second-order valence-corrected chi connectivity index (χ2v) is 9.79. The molecule has 0 radical (unpaired) electrons. The maximum atomic E-state index is 5.02. The number of nitrogens with one attached hydrogen (secondary N) is 2. The predicted molar refractivity (Wildman–Crippen MR) is 164 cm³/mol. The van der Waals surface area contributed by atoms with Crippen molar-refractivity contribution in [2.24, 2.45) is 0 Å². The topological polar surface area (TPSA) is 109 Å². The number of hydrogen-bond donors (Lipinski definition) is 2. The molecule has 42 heavy (non-hydrogen) atoms. The quantitative estimate of drug-likeness (QED) is 0.162. The number of hydrogen-bond acceptors (Lipinski definition) is 7. The van der Waals surface area contributed by atoms with E-state index in [1.165, 1.54) is 0 Å². The zero-order valence-electron chi connectivity index (χ0n) is 22.0. The fourth-order valence-corrected chi connectivity index (χ4v) is 5.59. The van der Waals surface area contributed by atoms with Gasteiger partial charge in [-0.15, -0.1) is 0 Å². The van der Waals surface area contributed by atoms with E-state index in [4.69, 9.17) is 29.9 Å². The van der Waals surface area contributed by atoms with Gasteiger partial charge in [0.15, 0.2) is 23.3 Å². The van der Waals surface area contributed by atoms with Gasteiger partial charge < -0.3 is 9.97 Å². The second kappa shape index (κ2) is 10.0. The average Bonchev–Trinajstić information content (AvgIpc) is 3.78. The molecule has 194 valence electrons. The predicted octanol–water partition coefficient (Wildman–Crippen LogP) is 7.51. The largest absolute Gasteiger partial charge is 0.324 e. The standard InChI is InChI=1S/C32H18N8.Cd.S/c1-2-10-18-17(9-1)25-33-26(18)38-28-21-13-5-6-14-22(21)30(35-28)40-32-24-16-8-7-15-23(24)31(36-32)39-29-20-12-4-3-11-19(20)27(34-29)37-25;;/h1-16H,(H2,33,34,35,36,37,38,39,40);;. The van der Waals surface area contributed by atoms with Gasteiger partial charge in [0, 0.05) is 43.8 Å². The number of benzene rings is 4. The number of aromatic amines is 2. The molecule has 0 spiro atoms. The fourth-order valence-electron chi connectivity index (χ4n) is 5.59. The fraction of sp³-hybridized carbons (Fsp3) is 0. The van der Waals surface area contributed by atoms with Crippen LogP contribution in [-0.2, 0) is 23.7 Å². The summed E-state index contributed by atoms with van der Waals surface area (Å²) in [5.41, 5.74) is 6.45. The summed E-state index contributed by atoms with van der Waals surface area (Å²) in [6, 6.07) is 32.2. The SMILES string of the molecule is [S]=[Cd].c1ccc2c(c1)-c1nc-2nc2[nH]c(nc3nc(nc4[nH]c(n1)c1ccccc41)-c1ccccc1-3)c1ccccc21. The Morgan fingerprint density at radius 2 is 0.595 bits per heavy atom. The zero-order valence-corrected chi connectivity index (χ0v) is 26.9. The maximum Gasteiger partial charge on any atom is 0.164 e. The zero-order chi connectivity index (χ0) is 28.2. The van der Waals surface area contributed by atoms with E-state index in [-0.39, 0.29) is 0 Å². The van der Waals surface area contributed by atoms with Crippen molar-refractivity contribution in [2.45, 2.75) is 0 Å². The Balaban J connectivity index is 0.00000131. The monoisotopic (exact) mass is 660 g/mol. The molecule has 8 bridgehead atoms. The summed E-state index contributed by atoms with van der Waals surface area (Å²) < 4.78 is 0. The molecule has 0 unspecified atom stereocenters. The van der Waals surface area contributed by atoms with Crippen LogP contribution in [-0.4, -0.2) is 39.9 Å². The van der Waals surface area contributed by atoms with E-state index in [0.29, 0.717) is 45.9 Å². The number of H-pyrrole nitrogens is 2. The third kappa shape index (κ3) is 3.91. The van der Waals surface area contributed by atoms with Gasteiger partial charge in [0.2, 0.25) is 0 Å². The molecule has 0 saturated heterocycles. The normalized spacial score (nSPS) is 11.6. The van der Waals surface area contributed by atoms with Crippen LogP contribution in [0.5, 0.6) is 0 Å². The minimum Gasteiger partial charge on any atom is -0.324 e. The third-order valence-electron chi connectivity index (χ3n) is 7.46. The molecule has 3 aromatic heterocycles. The van der Waals surface area contributed by atoms with E-state index in [1.807, 2.05) is 97.1 Å². The van der Waals surface area contributed by atoms with Crippen molar-refractivity contribution in [1.29, 1.82) is 0 Å². The summed E-state index contributed by atoms with van der Waals surface area (Å²) in [7, 11) is 4.25. The molecule has 10 heteroatoms. The Bertz CT molecular complexity index is 2060. The van der Waals surface area contributed by atoms with Crippen LogP contribution in [0.3, 0.4) is 0 Å². The van der Waals surface area contributed by atoms with Crippen molar-refractivity contribution in [3.8, 4) is 45.6 Å². The van der Waals surface area contributed by atoms with E-state index in [9.17, 15) is 0 Å². The molecule has 0 fully saturated rings. The molecule has 2 aliphatic heterocycles. The summed E-state index contributed by atoms with van der Waals surface area (Å²) in [4.78, 5) is 36.8. The van der Waals surface area contributed by atoms with Gasteiger partial charge >= 0.3 is 32.3 Å². The van der Waals surface area contributed by atoms with Gasteiger partial charge in [-0.2, -0.15) is 0 Å². The molecule has 8 nitrogen and oxygen atoms in total. The first kappa shape index (κ1) is 25.1. The summed E-state index contributed by atoms with van der Waals surface area (Å²) >= 11 is 0.733. The molecular weight excluding hydrogens is 641 g/mol. The van der Waals surface area contributed by atoms with E-state index in [1.54, 1.807) is 0 Å². The summed E-state index contributed by atoms with van der Waals surface area (Å²) in [6.45, 7) is 0. The maximum absolute atomic E-state index is 5.02. The molecule has 0 atom stereocenters. The van der Waals surface area contributed by atoms with Crippen LogP contribution in [0.25, 0.3) is 89.7 Å². The van der Waals surface area contributed by atoms with Crippen LogP contribution in [0.1, 0.15) is 0 Å². The Hall–Kier alpha value is -4.62. The van der Waals surface area contributed by atoms with Crippen molar-refractivity contribution in [2.75, 3.05) is 0 Å². The van der Waals surface area contributed by atoms with E-state index in [2.05, 4.69) is 18.6 Å². The molecule has 0 amide bonds. The smallest absolute Gasteiger partial charge is 0.164 e.